The number of pyridine rings is 1. The smallest absolute Gasteiger partial charge is 0.343 e. The summed E-state index contributed by atoms with van der Waals surface area (Å²) in [5.74, 6) is -0.138. The lowest BCUT2D eigenvalue weighted by Gasteiger charge is -2.13. The highest BCUT2D eigenvalue weighted by Gasteiger charge is 2.16. The Bertz CT molecular complexity index is 1450. The molecule has 0 aliphatic heterocycles. The van der Waals surface area contributed by atoms with Gasteiger partial charge in [0.2, 0.25) is 0 Å². The molecule has 7 nitrogen and oxygen atoms in total. The Morgan fingerprint density at radius 2 is 1.56 bits per heavy atom. The number of hydrogen-bond acceptors (Lipinski definition) is 6. The van der Waals surface area contributed by atoms with Crippen LogP contribution in [0.1, 0.15) is 11.1 Å². The number of carbonyl (C=O) groups excluding carboxylic acids is 1. The number of methoxy groups -OCH3 is 1. The second kappa shape index (κ2) is 9.52. The van der Waals surface area contributed by atoms with Crippen LogP contribution < -0.4 is 9.46 Å². The first kappa shape index (κ1) is 23.3. The van der Waals surface area contributed by atoms with Crippen LogP contribution in [0.5, 0.6) is 5.75 Å². The van der Waals surface area contributed by atoms with Crippen LogP contribution >= 0.6 is 0 Å². The molecule has 0 fully saturated rings. The molecular weight excluding hydrogens is 452 g/mol. The van der Waals surface area contributed by atoms with Gasteiger partial charge in [-0.3, -0.25) is 4.72 Å². The molecule has 0 bridgehead atoms. The number of fused-ring (bicyclic) bond motifs is 1. The normalized spacial score (nSPS) is 11.3. The van der Waals surface area contributed by atoms with E-state index < -0.39 is 16.0 Å². The molecule has 0 unspecified atom stereocenters. The van der Waals surface area contributed by atoms with Crippen molar-refractivity contribution >= 4 is 32.6 Å². The standard InChI is InChI=1S/C26H24N2O5S/c1-17-4-8-19(9-5-17)24-15-25(33-16-26(29)32-3)22-14-20(10-13-23(22)27-24)28-34(30,31)21-11-6-18(2)7-12-21/h4-15,28H,16H2,1-3H3. The molecule has 34 heavy (non-hydrogen) atoms. The van der Waals surface area contributed by atoms with E-state index >= 15 is 0 Å². The maximum absolute atomic E-state index is 12.8. The molecule has 0 aliphatic carbocycles. The number of sulfonamides is 1. The average molecular weight is 477 g/mol. The Morgan fingerprint density at radius 3 is 2.21 bits per heavy atom. The second-order valence-corrected chi connectivity index (χ2v) is 9.57. The van der Waals surface area contributed by atoms with Gasteiger partial charge in [-0.05, 0) is 44.2 Å². The number of aromatic nitrogens is 1. The third-order valence-corrected chi connectivity index (χ3v) is 6.67. The number of benzene rings is 3. The first-order chi connectivity index (χ1) is 16.2. The van der Waals surface area contributed by atoms with Crippen molar-refractivity contribution in [2.24, 2.45) is 0 Å². The molecule has 8 heteroatoms. The quantitative estimate of drug-likeness (QED) is 0.383. The highest BCUT2D eigenvalue weighted by Crippen LogP contribution is 2.32. The topological polar surface area (TPSA) is 94.6 Å². The third kappa shape index (κ3) is 5.18. The maximum Gasteiger partial charge on any atom is 0.343 e. The van der Waals surface area contributed by atoms with E-state index in [0.717, 1.165) is 16.7 Å². The summed E-state index contributed by atoms with van der Waals surface area (Å²) in [5.41, 5.74) is 4.58. The Labute approximate surface area is 198 Å². The maximum atomic E-state index is 12.8. The first-order valence-corrected chi connectivity index (χ1v) is 12.0. The van der Waals surface area contributed by atoms with Crippen LogP contribution in [0, 0.1) is 13.8 Å². The summed E-state index contributed by atoms with van der Waals surface area (Å²) in [7, 11) is -2.50. The zero-order valence-corrected chi connectivity index (χ0v) is 19.8. The third-order valence-electron chi connectivity index (χ3n) is 5.27. The van der Waals surface area contributed by atoms with Gasteiger partial charge >= 0.3 is 5.97 Å². The molecule has 0 atom stereocenters. The molecule has 0 saturated heterocycles. The molecule has 1 N–H and O–H groups in total. The molecule has 0 amide bonds. The van der Waals surface area contributed by atoms with E-state index in [4.69, 9.17) is 9.72 Å². The number of hydrogen-bond donors (Lipinski definition) is 1. The van der Waals surface area contributed by atoms with Gasteiger partial charge in [0, 0.05) is 22.7 Å². The van der Waals surface area contributed by atoms with Crippen molar-refractivity contribution in [3.05, 3.63) is 83.9 Å². The molecule has 1 heterocycles. The average Bonchev–Trinajstić information content (AvgIpc) is 2.82. The number of aryl methyl sites for hydroxylation is 2. The summed E-state index contributed by atoms with van der Waals surface area (Å²) in [5, 5.41) is 0.559. The molecular formula is C26H24N2O5S. The number of carbonyl (C=O) groups is 1. The van der Waals surface area contributed by atoms with Gasteiger partial charge in [0.15, 0.2) is 6.61 Å². The van der Waals surface area contributed by atoms with Gasteiger partial charge in [-0.25, -0.2) is 18.2 Å². The van der Waals surface area contributed by atoms with Crippen molar-refractivity contribution in [2.45, 2.75) is 18.7 Å². The number of nitrogens with one attached hydrogen (secondary N) is 1. The monoisotopic (exact) mass is 476 g/mol. The van der Waals surface area contributed by atoms with Crippen LogP contribution in [0.3, 0.4) is 0 Å². The molecule has 0 spiro atoms. The summed E-state index contributed by atoms with van der Waals surface area (Å²) in [6.45, 7) is 3.60. The van der Waals surface area contributed by atoms with Gasteiger partial charge < -0.3 is 9.47 Å². The van der Waals surface area contributed by atoms with Crippen LogP contribution in [-0.4, -0.2) is 33.1 Å². The van der Waals surface area contributed by atoms with Crippen molar-refractivity contribution in [2.75, 3.05) is 18.4 Å². The molecule has 0 radical (unpaired) electrons. The number of nitrogens with zero attached hydrogens (tertiary/aromatic N) is 1. The van der Waals surface area contributed by atoms with Gasteiger partial charge in [-0.1, -0.05) is 47.5 Å². The second-order valence-electron chi connectivity index (χ2n) is 7.89. The van der Waals surface area contributed by atoms with Gasteiger partial charge in [-0.2, -0.15) is 0 Å². The largest absolute Gasteiger partial charge is 0.481 e. The fraction of sp³-hybridized carbons (Fsp3) is 0.154. The predicted octanol–water partition coefficient (Wildman–Crippen LogP) is 4.87. The number of esters is 1. The summed E-state index contributed by atoms with van der Waals surface area (Å²) in [6.07, 6.45) is 0. The van der Waals surface area contributed by atoms with Crippen molar-refractivity contribution in [1.29, 1.82) is 0 Å². The van der Waals surface area contributed by atoms with E-state index in [1.165, 1.54) is 7.11 Å². The van der Waals surface area contributed by atoms with Crippen LogP contribution in [-0.2, 0) is 19.6 Å². The SMILES string of the molecule is COC(=O)COc1cc(-c2ccc(C)cc2)nc2ccc(NS(=O)(=O)c3ccc(C)cc3)cc12. The van der Waals surface area contributed by atoms with E-state index in [-0.39, 0.29) is 11.5 Å². The van der Waals surface area contributed by atoms with E-state index in [9.17, 15) is 13.2 Å². The van der Waals surface area contributed by atoms with Crippen molar-refractivity contribution in [3.8, 4) is 17.0 Å². The minimum atomic E-state index is -3.78. The highest BCUT2D eigenvalue weighted by atomic mass is 32.2. The Balaban J connectivity index is 1.75. The van der Waals surface area contributed by atoms with Gasteiger partial charge in [-0.15, -0.1) is 0 Å². The molecule has 1 aromatic heterocycles. The van der Waals surface area contributed by atoms with E-state index in [1.54, 1.807) is 48.5 Å². The highest BCUT2D eigenvalue weighted by molar-refractivity contribution is 7.92. The lowest BCUT2D eigenvalue weighted by atomic mass is 10.1. The zero-order valence-electron chi connectivity index (χ0n) is 19.0. The molecule has 3 aromatic carbocycles. The molecule has 4 aromatic rings. The molecule has 4 rings (SSSR count). The van der Waals surface area contributed by atoms with Gasteiger partial charge in [0.05, 0.1) is 23.2 Å². The fourth-order valence-corrected chi connectivity index (χ4v) is 4.43. The minimum absolute atomic E-state index is 0.160. The van der Waals surface area contributed by atoms with Crippen LogP contribution in [0.15, 0.2) is 77.7 Å². The number of ether oxygens (including phenoxy) is 2. The Kier molecular flexibility index (Phi) is 6.51. The van der Waals surface area contributed by atoms with Crippen molar-refractivity contribution in [3.63, 3.8) is 0 Å². The van der Waals surface area contributed by atoms with E-state index in [1.807, 2.05) is 38.1 Å². The van der Waals surface area contributed by atoms with Crippen molar-refractivity contribution < 1.29 is 22.7 Å². The van der Waals surface area contributed by atoms with Crippen LogP contribution in [0.4, 0.5) is 5.69 Å². The molecule has 174 valence electrons. The lowest BCUT2D eigenvalue weighted by Crippen LogP contribution is -2.14. The minimum Gasteiger partial charge on any atom is -0.481 e. The Hall–Kier alpha value is -3.91. The summed E-state index contributed by atoms with van der Waals surface area (Å²) < 4.78 is 38.7. The fourth-order valence-electron chi connectivity index (χ4n) is 3.38. The van der Waals surface area contributed by atoms with Gasteiger partial charge in [0.1, 0.15) is 5.75 Å². The van der Waals surface area contributed by atoms with E-state index in [0.29, 0.717) is 28.0 Å². The lowest BCUT2D eigenvalue weighted by molar-refractivity contribution is -0.142. The summed E-state index contributed by atoms with van der Waals surface area (Å²) >= 11 is 0. The Morgan fingerprint density at radius 1 is 0.912 bits per heavy atom. The summed E-state index contributed by atoms with van der Waals surface area (Å²) in [4.78, 5) is 16.6. The van der Waals surface area contributed by atoms with Crippen LogP contribution in [0.2, 0.25) is 0 Å². The number of rotatable bonds is 7. The zero-order chi connectivity index (χ0) is 24.3. The number of anilines is 1. The summed E-state index contributed by atoms with van der Waals surface area (Å²) in [6, 6.07) is 21.2. The van der Waals surface area contributed by atoms with Gasteiger partial charge in [0.25, 0.3) is 10.0 Å². The van der Waals surface area contributed by atoms with E-state index in [2.05, 4.69) is 9.46 Å². The first-order valence-electron chi connectivity index (χ1n) is 10.6. The molecule has 0 aliphatic rings. The van der Waals surface area contributed by atoms with Crippen molar-refractivity contribution in [1.82, 2.24) is 4.98 Å². The van der Waals surface area contributed by atoms with Crippen LogP contribution in [0.25, 0.3) is 22.2 Å². The predicted molar refractivity (Wildman–Crippen MR) is 131 cm³/mol. The molecule has 0 saturated carbocycles.